The fourth-order valence-electron chi connectivity index (χ4n) is 3.13. The van der Waals surface area contributed by atoms with E-state index >= 15 is 0 Å². The molecule has 1 heterocycles. The van der Waals surface area contributed by atoms with Crippen LogP contribution in [0.3, 0.4) is 0 Å². The molecule has 1 unspecified atom stereocenters. The maximum Gasteiger partial charge on any atom is 0.341 e. The molecule has 0 saturated heterocycles. The summed E-state index contributed by atoms with van der Waals surface area (Å²) in [6.07, 6.45) is 1.11. The van der Waals surface area contributed by atoms with Crippen LogP contribution in [0, 0.1) is 12.8 Å². The molecular formula is C18H17NO3S. The lowest BCUT2D eigenvalue weighted by Crippen LogP contribution is -2.14. The first-order valence-electron chi connectivity index (χ1n) is 7.66. The summed E-state index contributed by atoms with van der Waals surface area (Å²) in [4.78, 5) is 12.8. The number of aromatic carboxylic acids is 1. The van der Waals surface area contributed by atoms with Crippen molar-refractivity contribution in [3.05, 3.63) is 53.1 Å². The maximum atomic E-state index is 11.8. The number of hydrogen-bond donors (Lipinski definition) is 2. The van der Waals surface area contributed by atoms with Crippen LogP contribution in [-0.4, -0.2) is 17.7 Å². The van der Waals surface area contributed by atoms with E-state index in [1.165, 1.54) is 11.9 Å². The quantitative estimate of drug-likeness (QED) is 0.820. The van der Waals surface area contributed by atoms with Crippen LogP contribution in [0.4, 0.5) is 5.69 Å². The molecule has 2 aromatic carbocycles. The van der Waals surface area contributed by atoms with Gasteiger partial charge in [-0.1, -0.05) is 24.3 Å². The predicted molar refractivity (Wildman–Crippen MR) is 90.4 cm³/mol. The fraction of sp³-hybridized carbons (Fsp3) is 0.278. The van der Waals surface area contributed by atoms with Crippen LogP contribution >= 0.6 is 11.9 Å². The minimum absolute atomic E-state index is 0.244. The molecule has 5 heteroatoms. The van der Waals surface area contributed by atoms with Crippen LogP contribution in [0.25, 0.3) is 0 Å². The topological polar surface area (TPSA) is 58.6 Å². The molecule has 1 saturated carbocycles. The van der Waals surface area contributed by atoms with E-state index in [2.05, 4.69) is 4.72 Å². The van der Waals surface area contributed by atoms with Crippen molar-refractivity contribution in [2.75, 3.05) is 11.3 Å². The van der Waals surface area contributed by atoms with E-state index in [1.807, 2.05) is 43.3 Å². The van der Waals surface area contributed by atoms with Gasteiger partial charge in [-0.2, -0.15) is 0 Å². The van der Waals surface area contributed by atoms with Crippen molar-refractivity contribution in [1.29, 1.82) is 0 Å². The average Bonchev–Trinajstić information content (AvgIpc) is 3.33. The molecule has 0 radical (unpaired) electrons. The lowest BCUT2D eigenvalue weighted by Gasteiger charge is -2.21. The fourth-order valence-corrected chi connectivity index (χ4v) is 3.89. The Morgan fingerprint density at radius 2 is 2.13 bits per heavy atom. The van der Waals surface area contributed by atoms with E-state index in [9.17, 15) is 9.90 Å². The van der Waals surface area contributed by atoms with Crippen molar-refractivity contribution in [3.8, 4) is 5.75 Å². The number of hydrogen-bond acceptors (Lipinski definition) is 4. The van der Waals surface area contributed by atoms with Gasteiger partial charge in [0, 0.05) is 10.8 Å². The summed E-state index contributed by atoms with van der Waals surface area (Å²) in [5, 5.41) is 9.64. The number of nitrogens with one attached hydrogen (secondary N) is 1. The lowest BCUT2D eigenvalue weighted by atomic mass is 10.0. The normalized spacial score (nSPS) is 20.9. The number of carboxylic acid groups (broad SMARTS) is 1. The highest BCUT2D eigenvalue weighted by Crippen LogP contribution is 2.55. The molecule has 0 aromatic heterocycles. The molecule has 2 atom stereocenters. The zero-order chi connectivity index (χ0) is 16.0. The largest absolute Gasteiger partial charge is 0.492 e. The van der Waals surface area contributed by atoms with Crippen molar-refractivity contribution in [3.63, 3.8) is 0 Å². The third-order valence-electron chi connectivity index (χ3n) is 4.53. The molecule has 2 aliphatic rings. The second-order valence-corrected chi connectivity index (χ2v) is 6.94. The van der Waals surface area contributed by atoms with E-state index in [-0.39, 0.29) is 5.56 Å². The van der Waals surface area contributed by atoms with Crippen molar-refractivity contribution < 1.29 is 14.6 Å². The second kappa shape index (κ2) is 5.49. The number of benzene rings is 2. The zero-order valence-corrected chi connectivity index (χ0v) is 13.5. The van der Waals surface area contributed by atoms with E-state index in [4.69, 9.17) is 4.74 Å². The van der Waals surface area contributed by atoms with Gasteiger partial charge >= 0.3 is 5.97 Å². The summed E-state index contributed by atoms with van der Waals surface area (Å²) in [6, 6.07) is 11.9. The van der Waals surface area contributed by atoms with Crippen LogP contribution in [-0.2, 0) is 0 Å². The molecular weight excluding hydrogens is 310 g/mol. The van der Waals surface area contributed by atoms with Crippen LogP contribution in [0.5, 0.6) is 5.75 Å². The van der Waals surface area contributed by atoms with Gasteiger partial charge in [0.25, 0.3) is 0 Å². The van der Waals surface area contributed by atoms with Gasteiger partial charge in [-0.15, -0.1) is 0 Å². The highest BCUT2D eigenvalue weighted by atomic mass is 32.2. The van der Waals surface area contributed by atoms with E-state index in [0.29, 0.717) is 29.9 Å². The highest BCUT2D eigenvalue weighted by Gasteiger charge is 2.45. The van der Waals surface area contributed by atoms with Crippen LogP contribution in [0.1, 0.15) is 33.8 Å². The van der Waals surface area contributed by atoms with Gasteiger partial charge in [0.1, 0.15) is 11.3 Å². The predicted octanol–water partition coefficient (Wildman–Crippen LogP) is 4.31. The summed E-state index contributed by atoms with van der Waals surface area (Å²) in [6.45, 7) is 2.66. The molecule has 118 valence electrons. The summed E-state index contributed by atoms with van der Waals surface area (Å²) in [7, 11) is 0. The third-order valence-corrected chi connectivity index (χ3v) is 5.53. The highest BCUT2D eigenvalue weighted by molar-refractivity contribution is 8.00. The van der Waals surface area contributed by atoms with Crippen molar-refractivity contribution >= 4 is 23.6 Å². The molecule has 1 fully saturated rings. The smallest absolute Gasteiger partial charge is 0.341 e. The molecule has 23 heavy (non-hydrogen) atoms. The van der Waals surface area contributed by atoms with E-state index in [1.54, 1.807) is 0 Å². The SMILES string of the molecule is Cc1ccccc1SNc1ccc2c(c1C(=O)O)OC[C@@H]1CC21. The Hall–Kier alpha value is -2.14. The van der Waals surface area contributed by atoms with E-state index < -0.39 is 5.97 Å². The first-order valence-corrected chi connectivity index (χ1v) is 8.48. The zero-order valence-electron chi connectivity index (χ0n) is 12.7. The molecule has 4 rings (SSSR count). The van der Waals surface area contributed by atoms with Crippen molar-refractivity contribution in [2.24, 2.45) is 5.92 Å². The van der Waals surface area contributed by atoms with Gasteiger partial charge in [-0.05, 0) is 54.5 Å². The first kappa shape index (κ1) is 14.5. The number of ether oxygens (including phenoxy) is 1. The van der Waals surface area contributed by atoms with Crippen molar-refractivity contribution in [1.82, 2.24) is 0 Å². The minimum atomic E-state index is -0.950. The monoisotopic (exact) mass is 327 g/mol. The Bertz CT molecular complexity index is 790. The average molecular weight is 327 g/mol. The number of fused-ring (bicyclic) bond motifs is 3. The number of anilines is 1. The Labute approximate surface area is 139 Å². The standard InChI is InChI=1S/C18H17NO3S/c1-10-4-2-3-5-15(10)23-19-14-7-6-12-13-8-11(13)9-22-17(12)16(14)18(20)21/h2-7,11,13,19H,8-9H2,1H3,(H,20,21)/t11-,13?/m0/s1. The Kier molecular flexibility index (Phi) is 3.45. The number of carboxylic acids is 1. The summed E-state index contributed by atoms with van der Waals surface area (Å²) in [5.74, 6) is 0.652. The van der Waals surface area contributed by atoms with Gasteiger partial charge in [0.15, 0.2) is 0 Å². The summed E-state index contributed by atoms with van der Waals surface area (Å²) < 4.78 is 8.94. The molecule has 1 aliphatic carbocycles. The first-order chi connectivity index (χ1) is 11.1. The van der Waals surface area contributed by atoms with Crippen LogP contribution < -0.4 is 9.46 Å². The number of aryl methyl sites for hydroxylation is 1. The molecule has 1 aliphatic heterocycles. The summed E-state index contributed by atoms with van der Waals surface area (Å²) in [5.41, 5.74) is 3.03. The summed E-state index contributed by atoms with van der Waals surface area (Å²) >= 11 is 1.42. The van der Waals surface area contributed by atoms with Crippen LogP contribution in [0.15, 0.2) is 41.3 Å². The number of carbonyl (C=O) groups is 1. The van der Waals surface area contributed by atoms with Gasteiger partial charge in [-0.25, -0.2) is 4.79 Å². The Morgan fingerprint density at radius 1 is 1.30 bits per heavy atom. The van der Waals surface area contributed by atoms with Gasteiger partial charge < -0.3 is 14.6 Å². The molecule has 0 amide bonds. The Morgan fingerprint density at radius 3 is 2.91 bits per heavy atom. The minimum Gasteiger partial charge on any atom is -0.492 e. The van der Waals surface area contributed by atoms with Crippen molar-refractivity contribution in [2.45, 2.75) is 24.2 Å². The van der Waals surface area contributed by atoms with Gasteiger partial charge in [0.2, 0.25) is 0 Å². The van der Waals surface area contributed by atoms with Gasteiger partial charge in [0.05, 0.1) is 12.3 Å². The number of rotatable bonds is 4. The lowest BCUT2D eigenvalue weighted by molar-refractivity contribution is 0.0692. The molecule has 0 spiro atoms. The molecule has 2 aromatic rings. The van der Waals surface area contributed by atoms with E-state index in [0.717, 1.165) is 22.4 Å². The molecule has 0 bridgehead atoms. The Balaban J connectivity index is 1.66. The maximum absolute atomic E-state index is 11.8. The van der Waals surface area contributed by atoms with Gasteiger partial charge in [-0.3, -0.25) is 0 Å². The molecule has 2 N–H and O–H groups in total. The molecule has 4 nitrogen and oxygen atoms in total. The van der Waals surface area contributed by atoms with Crippen LogP contribution in [0.2, 0.25) is 0 Å². The second-order valence-electron chi connectivity index (χ2n) is 6.09. The third kappa shape index (κ3) is 2.55.